The van der Waals surface area contributed by atoms with Crippen LogP contribution in [0.25, 0.3) is 22.7 Å². The Bertz CT molecular complexity index is 1130. The highest BCUT2D eigenvalue weighted by atomic mass is 19.1. The Morgan fingerprint density at radius 1 is 1.27 bits per heavy atom. The van der Waals surface area contributed by atoms with Crippen LogP contribution in [0.4, 0.5) is 14.9 Å². The molecule has 0 bridgehead atoms. The summed E-state index contributed by atoms with van der Waals surface area (Å²) < 4.78 is 25.0. The maximum atomic E-state index is 15.0. The normalized spacial score (nSPS) is 19.5. The second kappa shape index (κ2) is 7.30. The lowest BCUT2D eigenvalue weighted by molar-refractivity contribution is -0.121. The van der Waals surface area contributed by atoms with Crippen LogP contribution in [-0.4, -0.2) is 46.4 Å². The van der Waals surface area contributed by atoms with Crippen LogP contribution in [0, 0.1) is 12.7 Å². The third kappa shape index (κ3) is 3.11. The van der Waals surface area contributed by atoms with Crippen molar-refractivity contribution in [3.8, 4) is 22.7 Å². The molecular weight excluding hydrogens is 393 g/mol. The zero-order valence-electron chi connectivity index (χ0n) is 16.3. The van der Waals surface area contributed by atoms with Crippen LogP contribution in [0.1, 0.15) is 12.8 Å². The smallest absolute Gasteiger partial charge is 0.420 e. The van der Waals surface area contributed by atoms with Crippen LogP contribution in [0.15, 0.2) is 40.9 Å². The Morgan fingerprint density at radius 2 is 2.07 bits per heavy atom. The van der Waals surface area contributed by atoms with Gasteiger partial charge in [-0.3, -0.25) is 9.78 Å². The van der Waals surface area contributed by atoms with Crippen molar-refractivity contribution in [2.75, 3.05) is 13.2 Å². The van der Waals surface area contributed by atoms with Crippen LogP contribution in [0.3, 0.4) is 0 Å². The average molecular weight is 412 g/mol. The monoisotopic (exact) mass is 412 g/mol. The van der Waals surface area contributed by atoms with Gasteiger partial charge in [0.1, 0.15) is 30.4 Å². The molecule has 2 N–H and O–H groups in total. The van der Waals surface area contributed by atoms with Gasteiger partial charge in [0, 0.05) is 36.4 Å². The predicted molar refractivity (Wildman–Crippen MR) is 104 cm³/mol. The maximum Gasteiger partial charge on any atom is 0.522 e. The van der Waals surface area contributed by atoms with Gasteiger partial charge in [-0.15, -0.1) is 10.2 Å². The molecule has 2 amide bonds. The molecule has 0 saturated carbocycles. The van der Waals surface area contributed by atoms with Gasteiger partial charge in [-0.25, -0.2) is 4.39 Å². The number of cyclic esters (lactones) is 1. The number of halogens is 1. The fraction of sp³-hybridized carbons (Fsp3) is 0.250. The summed E-state index contributed by atoms with van der Waals surface area (Å²) >= 11 is 0. The molecule has 3 heterocycles. The first-order valence-corrected chi connectivity index (χ1v) is 9.24. The predicted octanol–water partition coefficient (Wildman–Crippen LogP) is 2.58. The van der Waals surface area contributed by atoms with Crippen molar-refractivity contribution in [2.45, 2.75) is 19.9 Å². The lowest BCUT2D eigenvalue weighted by Gasteiger charge is -2.32. The van der Waals surface area contributed by atoms with E-state index in [0.717, 1.165) is 0 Å². The van der Waals surface area contributed by atoms with Crippen LogP contribution < -0.4 is 10.2 Å². The molecule has 4 rings (SSSR count). The van der Waals surface area contributed by atoms with E-state index in [0.29, 0.717) is 22.8 Å². The van der Waals surface area contributed by atoms with E-state index in [9.17, 15) is 9.59 Å². The zero-order valence-corrected chi connectivity index (χ0v) is 16.3. The highest BCUT2D eigenvalue weighted by molar-refractivity contribution is 5.93. The molecule has 10 heteroatoms. The van der Waals surface area contributed by atoms with E-state index in [1.54, 1.807) is 25.1 Å². The molecule has 9 nitrogen and oxygen atoms in total. The Kier molecular flexibility index (Phi) is 4.78. The summed E-state index contributed by atoms with van der Waals surface area (Å²) in [5, 5.41) is 7.66. The number of amides is 2. The molecule has 1 fully saturated rings. The summed E-state index contributed by atoms with van der Waals surface area (Å²) in [5.41, 5.74) is 7.03. The molecule has 1 aromatic carbocycles. The van der Waals surface area contributed by atoms with Gasteiger partial charge in [0.15, 0.2) is 6.04 Å². The van der Waals surface area contributed by atoms with Crippen molar-refractivity contribution in [3.05, 3.63) is 48.2 Å². The second-order valence-electron chi connectivity index (χ2n) is 7.01. The molecule has 2 atom stereocenters. The fourth-order valence-electron chi connectivity index (χ4n) is 3.58. The van der Waals surface area contributed by atoms with Crippen LogP contribution in [0.2, 0.25) is 0 Å². The van der Waals surface area contributed by atoms with Gasteiger partial charge in [-0.05, 0) is 19.1 Å². The van der Waals surface area contributed by atoms with Gasteiger partial charge in [0.25, 0.3) is 11.8 Å². The van der Waals surface area contributed by atoms with Gasteiger partial charge in [-0.1, -0.05) is 6.07 Å². The number of carbonyl (C=O) groups excluding carboxylic acids is 2. The number of carbonyl (C=O) groups is 2. The lowest BCUT2D eigenvalue weighted by atomic mass is 10.0. The van der Waals surface area contributed by atoms with E-state index >= 15 is 4.39 Å². The Labute approximate surface area is 170 Å². The molecule has 0 spiro atoms. The van der Waals surface area contributed by atoms with Gasteiger partial charge in [0.2, 0.25) is 5.89 Å². The highest BCUT2D eigenvalue weighted by Crippen LogP contribution is 2.35. The minimum Gasteiger partial charge on any atom is -0.420 e. The number of rotatable bonds is 5. The van der Waals surface area contributed by atoms with Gasteiger partial charge in [0.05, 0.1) is 0 Å². The number of ether oxygens (including phenoxy) is 1. The number of hydrogen-bond donors (Lipinski definition) is 1. The second-order valence-corrected chi connectivity index (χ2v) is 7.01. The number of primary amides is 1. The van der Waals surface area contributed by atoms with Crippen molar-refractivity contribution < 1.29 is 23.1 Å². The van der Waals surface area contributed by atoms with Gasteiger partial charge >= 0.3 is 6.09 Å². The van der Waals surface area contributed by atoms with Crippen LogP contribution >= 0.6 is 0 Å². The van der Waals surface area contributed by atoms with Gasteiger partial charge < -0.3 is 14.9 Å². The summed E-state index contributed by atoms with van der Waals surface area (Å²) in [6.45, 7) is 3.52. The molecule has 0 aliphatic carbocycles. The summed E-state index contributed by atoms with van der Waals surface area (Å²) in [6, 6.07) is 6.80. The van der Waals surface area contributed by atoms with E-state index in [1.807, 2.05) is 0 Å². The molecule has 1 aliphatic rings. The molecule has 0 radical (unpaired) electrons. The number of quaternary nitrogens is 1. The summed E-state index contributed by atoms with van der Waals surface area (Å²) in [7, 11) is 0. The zero-order chi connectivity index (χ0) is 21.5. The first-order chi connectivity index (χ1) is 14.3. The highest BCUT2D eigenvalue weighted by Gasteiger charge is 2.53. The summed E-state index contributed by atoms with van der Waals surface area (Å²) in [6.07, 6.45) is 0.863. The lowest BCUT2D eigenvalue weighted by Crippen LogP contribution is -2.61. The minimum atomic E-state index is -0.899. The van der Waals surface area contributed by atoms with E-state index in [4.69, 9.17) is 14.9 Å². The third-order valence-electron chi connectivity index (χ3n) is 5.30. The van der Waals surface area contributed by atoms with Crippen LogP contribution in [-0.2, 0) is 9.53 Å². The van der Waals surface area contributed by atoms with E-state index in [-0.39, 0.29) is 24.6 Å². The fourth-order valence-corrected chi connectivity index (χ4v) is 3.58. The Hall–Kier alpha value is -3.66. The number of hydrogen-bond acceptors (Lipinski definition) is 7. The largest absolute Gasteiger partial charge is 0.522 e. The SMILES string of the molecule is Cc1nnc(-c2ccc(-c3ccc([N+]4(C(C)C(N)=O)CCOC4=O)cc3F)cn2)o1. The molecule has 154 valence electrons. The van der Waals surface area contributed by atoms with Crippen molar-refractivity contribution in [1.82, 2.24) is 19.7 Å². The maximum absolute atomic E-state index is 15.0. The number of aromatic nitrogens is 3. The van der Waals surface area contributed by atoms with Crippen molar-refractivity contribution in [1.29, 1.82) is 0 Å². The van der Waals surface area contributed by atoms with E-state index < -0.39 is 28.3 Å². The molecule has 3 aromatic rings. The summed E-state index contributed by atoms with van der Waals surface area (Å²) in [5.74, 6) is -0.548. The molecule has 2 unspecified atom stereocenters. The standard InChI is InChI=1S/C20H18FN5O4/c1-11(18(22)27)26(7-8-29-20(26)28)14-4-5-15(16(21)9-14)13-3-6-17(23-10-13)19-25-24-12(2)30-19/h3-6,9-11H,7-8H2,1-2H3,(H-,22,27)/p+1. The first-order valence-electron chi connectivity index (χ1n) is 9.24. The van der Waals surface area contributed by atoms with E-state index in [1.165, 1.54) is 25.3 Å². The Balaban J connectivity index is 1.69. The van der Waals surface area contributed by atoms with Crippen molar-refractivity contribution in [2.24, 2.45) is 5.73 Å². The average Bonchev–Trinajstić information content (AvgIpc) is 3.33. The number of nitrogens with zero attached hydrogens (tertiary/aromatic N) is 4. The number of aryl methyl sites for hydroxylation is 1. The minimum absolute atomic E-state index is 0.125. The quantitative estimate of drug-likeness (QED) is 0.639. The Morgan fingerprint density at radius 3 is 2.60 bits per heavy atom. The number of benzene rings is 1. The topological polar surface area (TPSA) is 121 Å². The first kappa shape index (κ1) is 19.6. The molecule has 2 aromatic heterocycles. The summed E-state index contributed by atoms with van der Waals surface area (Å²) in [4.78, 5) is 28.5. The van der Waals surface area contributed by atoms with Crippen molar-refractivity contribution in [3.63, 3.8) is 0 Å². The molecular formula is C20H19FN5O4+. The van der Waals surface area contributed by atoms with Gasteiger partial charge in [-0.2, -0.15) is 9.28 Å². The third-order valence-corrected chi connectivity index (χ3v) is 5.30. The van der Waals surface area contributed by atoms with E-state index in [2.05, 4.69) is 15.2 Å². The molecule has 1 aliphatic heterocycles. The molecule has 1 saturated heterocycles. The molecule has 30 heavy (non-hydrogen) atoms. The number of nitrogens with two attached hydrogens (primary N) is 1. The number of pyridine rings is 1. The van der Waals surface area contributed by atoms with Crippen LogP contribution in [0.5, 0.6) is 0 Å². The van der Waals surface area contributed by atoms with Crippen molar-refractivity contribution >= 4 is 17.7 Å².